The fourth-order valence-electron chi connectivity index (χ4n) is 2.67. The number of aryl methyl sites for hydroxylation is 1. The van der Waals surface area contributed by atoms with Gasteiger partial charge in [0.05, 0.1) is 0 Å². The van der Waals surface area contributed by atoms with Crippen LogP contribution in [-0.4, -0.2) is 21.7 Å². The number of nitrogens with zero attached hydrogens (tertiary/aromatic N) is 2. The zero-order valence-electron chi connectivity index (χ0n) is 10.8. The van der Waals surface area contributed by atoms with Crippen molar-refractivity contribution in [1.82, 2.24) is 15.1 Å². The summed E-state index contributed by atoms with van der Waals surface area (Å²) < 4.78 is 2.00. The Morgan fingerprint density at radius 1 is 1.59 bits per heavy atom. The second kappa shape index (κ2) is 4.90. The van der Waals surface area contributed by atoms with Gasteiger partial charge in [-0.3, -0.25) is 9.48 Å². The van der Waals surface area contributed by atoms with Crippen molar-refractivity contribution in [3.05, 3.63) is 18.0 Å². The Kier molecular flexibility index (Phi) is 3.50. The van der Waals surface area contributed by atoms with Crippen molar-refractivity contribution in [3.8, 4) is 0 Å². The van der Waals surface area contributed by atoms with Crippen LogP contribution >= 0.6 is 0 Å². The predicted octanol–water partition coefficient (Wildman–Crippen LogP) is 1.92. The van der Waals surface area contributed by atoms with E-state index in [9.17, 15) is 4.79 Å². The molecule has 1 N–H and O–H groups in total. The van der Waals surface area contributed by atoms with E-state index in [-0.39, 0.29) is 17.9 Å². The third kappa shape index (κ3) is 2.51. The molecule has 1 aromatic heterocycles. The minimum atomic E-state index is 0.171. The standard InChI is InChI=1S/C13H21N3O/c1-4-16-12(5-6-14-16)10-8-13(17)15-11(10)7-9(2)3/h5-6,9-11H,4,7-8H2,1-3H3,(H,15,17). The summed E-state index contributed by atoms with van der Waals surface area (Å²) in [7, 11) is 0. The lowest BCUT2D eigenvalue weighted by atomic mass is 9.90. The molecule has 4 heteroatoms. The first kappa shape index (κ1) is 12.1. The molecule has 0 bridgehead atoms. The van der Waals surface area contributed by atoms with Crippen LogP contribution in [-0.2, 0) is 11.3 Å². The minimum Gasteiger partial charge on any atom is -0.353 e. The molecule has 2 unspecified atom stereocenters. The van der Waals surface area contributed by atoms with E-state index in [0.29, 0.717) is 12.3 Å². The average molecular weight is 235 g/mol. The molecule has 1 aliphatic heterocycles. The van der Waals surface area contributed by atoms with E-state index >= 15 is 0 Å². The van der Waals surface area contributed by atoms with Gasteiger partial charge in [-0.2, -0.15) is 5.10 Å². The highest BCUT2D eigenvalue weighted by molar-refractivity contribution is 5.80. The van der Waals surface area contributed by atoms with E-state index < -0.39 is 0 Å². The van der Waals surface area contributed by atoms with E-state index in [0.717, 1.165) is 13.0 Å². The van der Waals surface area contributed by atoms with E-state index in [1.165, 1.54) is 5.69 Å². The maximum absolute atomic E-state index is 11.6. The second-order valence-electron chi connectivity index (χ2n) is 5.19. The van der Waals surface area contributed by atoms with Crippen molar-refractivity contribution in [1.29, 1.82) is 0 Å². The number of hydrogen-bond acceptors (Lipinski definition) is 2. The van der Waals surface area contributed by atoms with Gasteiger partial charge in [-0.05, 0) is 25.3 Å². The van der Waals surface area contributed by atoms with Crippen molar-refractivity contribution in [2.75, 3.05) is 0 Å². The monoisotopic (exact) mass is 235 g/mol. The van der Waals surface area contributed by atoms with Crippen LogP contribution in [0.2, 0.25) is 0 Å². The maximum Gasteiger partial charge on any atom is 0.220 e. The fraction of sp³-hybridized carbons (Fsp3) is 0.692. The Hall–Kier alpha value is -1.32. The third-order valence-electron chi connectivity index (χ3n) is 3.39. The molecule has 2 rings (SSSR count). The minimum absolute atomic E-state index is 0.171. The molecule has 2 heterocycles. The summed E-state index contributed by atoms with van der Waals surface area (Å²) in [6.45, 7) is 7.33. The highest BCUT2D eigenvalue weighted by Gasteiger charge is 2.35. The van der Waals surface area contributed by atoms with Gasteiger partial charge in [0.1, 0.15) is 0 Å². The molecule has 0 spiro atoms. The molecule has 1 aromatic rings. The van der Waals surface area contributed by atoms with Crippen LogP contribution < -0.4 is 5.32 Å². The summed E-state index contributed by atoms with van der Waals surface area (Å²) in [5.74, 6) is 1.05. The van der Waals surface area contributed by atoms with Gasteiger partial charge in [-0.15, -0.1) is 0 Å². The Morgan fingerprint density at radius 3 is 3.00 bits per heavy atom. The number of aromatic nitrogens is 2. The molecule has 1 saturated heterocycles. The van der Waals surface area contributed by atoms with Gasteiger partial charge < -0.3 is 5.32 Å². The molecule has 1 amide bonds. The lowest BCUT2D eigenvalue weighted by Crippen LogP contribution is -2.30. The van der Waals surface area contributed by atoms with Crippen LogP contribution in [0.1, 0.15) is 45.2 Å². The lowest BCUT2D eigenvalue weighted by molar-refractivity contribution is -0.119. The fourth-order valence-corrected chi connectivity index (χ4v) is 2.67. The molecule has 94 valence electrons. The van der Waals surface area contributed by atoms with Crippen LogP contribution in [0.5, 0.6) is 0 Å². The Balaban J connectivity index is 2.20. The van der Waals surface area contributed by atoms with E-state index in [1.807, 2.05) is 16.9 Å². The normalized spacial score (nSPS) is 24.4. The first-order chi connectivity index (χ1) is 8.11. The summed E-state index contributed by atoms with van der Waals surface area (Å²) in [6.07, 6.45) is 3.46. The average Bonchev–Trinajstić information content (AvgIpc) is 2.83. The van der Waals surface area contributed by atoms with Crippen LogP contribution in [0.25, 0.3) is 0 Å². The highest BCUT2D eigenvalue weighted by Crippen LogP contribution is 2.31. The zero-order valence-corrected chi connectivity index (χ0v) is 10.8. The molecule has 2 atom stereocenters. The van der Waals surface area contributed by atoms with Crippen molar-refractivity contribution < 1.29 is 4.79 Å². The summed E-state index contributed by atoms with van der Waals surface area (Å²) >= 11 is 0. The Labute approximate surface area is 102 Å². The SMILES string of the molecule is CCn1nccc1C1CC(=O)NC1CC(C)C. The largest absolute Gasteiger partial charge is 0.353 e. The zero-order chi connectivity index (χ0) is 12.4. The quantitative estimate of drug-likeness (QED) is 0.866. The second-order valence-corrected chi connectivity index (χ2v) is 5.19. The Bertz CT molecular complexity index is 397. The van der Waals surface area contributed by atoms with Crippen LogP contribution in [0.4, 0.5) is 0 Å². The molecule has 4 nitrogen and oxygen atoms in total. The van der Waals surface area contributed by atoms with Gasteiger partial charge in [0, 0.05) is 36.8 Å². The number of rotatable bonds is 4. The van der Waals surface area contributed by atoms with E-state index in [1.54, 1.807) is 0 Å². The maximum atomic E-state index is 11.6. The van der Waals surface area contributed by atoms with Gasteiger partial charge >= 0.3 is 0 Å². The molecule has 17 heavy (non-hydrogen) atoms. The number of nitrogens with one attached hydrogen (secondary N) is 1. The third-order valence-corrected chi connectivity index (χ3v) is 3.39. The van der Waals surface area contributed by atoms with Gasteiger partial charge in [0.25, 0.3) is 0 Å². The van der Waals surface area contributed by atoms with Crippen molar-refractivity contribution >= 4 is 5.91 Å². The van der Waals surface area contributed by atoms with Gasteiger partial charge in [-0.1, -0.05) is 13.8 Å². The molecule has 1 aliphatic rings. The topological polar surface area (TPSA) is 46.9 Å². The number of carbonyl (C=O) groups excluding carboxylic acids is 1. The van der Waals surface area contributed by atoms with Gasteiger partial charge in [0.2, 0.25) is 5.91 Å². The number of amides is 1. The first-order valence-corrected chi connectivity index (χ1v) is 6.42. The number of carbonyl (C=O) groups is 1. The van der Waals surface area contributed by atoms with Crippen molar-refractivity contribution in [2.45, 2.75) is 52.1 Å². The van der Waals surface area contributed by atoms with Gasteiger partial charge in [0.15, 0.2) is 0 Å². The van der Waals surface area contributed by atoms with Crippen LogP contribution in [0, 0.1) is 5.92 Å². The van der Waals surface area contributed by atoms with E-state index in [2.05, 4.69) is 31.2 Å². The molecule has 0 aromatic carbocycles. The smallest absolute Gasteiger partial charge is 0.220 e. The Morgan fingerprint density at radius 2 is 2.35 bits per heavy atom. The first-order valence-electron chi connectivity index (χ1n) is 6.42. The summed E-state index contributed by atoms with van der Waals surface area (Å²) in [4.78, 5) is 11.6. The van der Waals surface area contributed by atoms with Crippen LogP contribution in [0.3, 0.4) is 0 Å². The van der Waals surface area contributed by atoms with E-state index in [4.69, 9.17) is 0 Å². The highest BCUT2D eigenvalue weighted by atomic mass is 16.2. The molecule has 0 aliphatic carbocycles. The molecule has 0 radical (unpaired) electrons. The van der Waals surface area contributed by atoms with Crippen LogP contribution in [0.15, 0.2) is 12.3 Å². The van der Waals surface area contributed by atoms with Gasteiger partial charge in [-0.25, -0.2) is 0 Å². The van der Waals surface area contributed by atoms with Crippen molar-refractivity contribution in [3.63, 3.8) is 0 Å². The summed E-state index contributed by atoms with van der Waals surface area (Å²) in [6, 6.07) is 2.31. The van der Waals surface area contributed by atoms with Crippen molar-refractivity contribution in [2.24, 2.45) is 5.92 Å². The summed E-state index contributed by atoms with van der Waals surface area (Å²) in [5, 5.41) is 7.39. The number of hydrogen-bond donors (Lipinski definition) is 1. The molecular weight excluding hydrogens is 214 g/mol. The summed E-state index contributed by atoms with van der Waals surface area (Å²) in [5.41, 5.74) is 1.19. The predicted molar refractivity (Wildman–Crippen MR) is 66.6 cm³/mol. The molecule has 0 saturated carbocycles. The lowest BCUT2D eigenvalue weighted by Gasteiger charge is -2.21. The molecule has 1 fully saturated rings. The molecular formula is C13H21N3O.